The van der Waals surface area contributed by atoms with Crippen molar-refractivity contribution in [2.45, 2.75) is 37.5 Å². The molecule has 6 nitrogen and oxygen atoms in total. The lowest BCUT2D eigenvalue weighted by molar-refractivity contribution is 0.252. The SMILES string of the molecule is CCCn1ccc2cc(NC(=O)NCC3(S(C)(=O)=O)CC3)ccc21. The standard InChI is InChI=1S/C17H23N3O3S/c1-3-9-20-10-6-13-11-14(4-5-15(13)20)19-16(21)18-12-17(7-8-17)24(2,22)23/h4-6,10-11H,3,7-9,12H2,1-2H3,(H2,18,19,21). The molecule has 1 fully saturated rings. The van der Waals surface area contributed by atoms with Crippen molar-refractivity contribution in [2.24, 2.45) is 0 Å². The van der Waals surface area contributed by atoms with Crippen molar-refractivity contribution in [3.63, 3.8) is 0 Å². The highest BCUT2D eigenvalue weighted by molar-refractivity contribution is 7.92. The Labute approximate surface area is 142 Å². The topological polar surface area (TPSA) is 80.2 Å². The molecule has 0 radical (unpaired) electrons. The van der Waals surface area contributed by atoms with Gasteiger partial charge in [-0.05, 0) is 43.5 Å². The number of carbonyl (C=O) groups is 1. The van der Waals surface area contributed by atoms with E-state index in [1.807, 2.05) is 30.5 Å². The van der Waals surface area contributed by atoms with Gasteiger partial charge in [-0.1, -0.05) is 6.92 Å². The zero-order chi connectivity index (χ0) is 17.4. The molecule has 0 saturated heterocycles. The molecule has 2 amide bonds. The molecule has 0 spiro atoms. The van der Waals surface area contributed by atoms with E-state index < -0.39 is 14.6 Å². The first kappa shape index (κ1) is 16.8. The first-order valence-electron chi connectivity index (χ1n) is 8.18. The van der Waals surface area contributed by atoms with Crippen LogP contribution in [0.1, 0.15) is 26.2 Å². The first-order valence-corrected chi connectivity index (χ1v) is 10.1. The van der Waals surface area contributed by atoms with Gasteiger partial charge in [0.2, 0.25) is 0 Å². The summed E-state index contributed by atoms with van der Waals surface area (Å²) in [6.07, 6.45) is 5.57. The number of fused-ring (bicyclic) bond motifs is 1. The van der Waals surface area contributed by atoms with Crippen molar-refractivity contribution in [1.82, 2.24) is 9.88 Å². The van der Waals surface area contributed by atoms with Crippen LogP contribution in [0.2, 0.25) is 0 Å². The second kappa shape index (κ2) is 6.12. The summed E-state index contributed by atoms with van der Waals surface area (Å²) < 4.78 is 24.9. The average molecular weight is 349 g/mol. The number of hydrogen-bond acceptors (Lipinski definition) is 3. The van der Waals surface area contributed by atoms with Gasteiger partial charge in [0.05, 0.1) is 4.75 Å². The van der Waals surface area contributed by atoms with Gasteiger partial charge in [-0.25, -0.2) is 13.2 Å². The molecule has 1 aromatic heterocycles. The number of hydrogen-bond donors (Lipinski definition) is 2. The van der Waals surface area contributed by atoms with E-state index in [9.17, 15) is 13.2 Å². The van der Waals surface area contributed by atoms with Crippen LogP contribution in [0.15, 0.2) is 30.5 Å². The lowest BCUT2D eigenvalue weighted by atomic mass is 10.2. The third-order valence-electron chi connectivity index (χ3n) is 4.66. The lowest BCUT2D eigenvalue weighted by Gasteiger charge is -2.14. The van der Waals surface area contributed by atoms with E-state index >= 15 is 0 Å². The van der Waals surface area contributed by atoms with Crippen LogP contribution < -0.4 is 10.6 Å². The summed E-state index contributed by atoms with van der Waals surface area (Å²) in [6.45, 7) is 3.26. The van der Waals surface area contributed by atoms with E-state index in [1.54, 1.807) is 0 Å². The molecule has 0 atom stereocenters. The monoisotopic (exact) mass is 349 g/mol. The molecule has 3 rings (SSSR count). The summed E-state index contributed by atoms with van der Waals surface area (Å²) in [4.78, 5) is 12.0. The maximum Gasteiger partial charge on any atom is 0.319 e. The molecule has 1 aliphatic carbocycles. The Morgan fingerprint density at radius 2 is 2.04 bits per heavy atom. The molecule has 1 aliphatic rings. The van der Waals surface area contributed by atoms with Gasteiger partial charge in [0, 0.05) is 42.1 Å². The molecule has 2 N–H and O–H groups in total. The van der Waals surface area contributed by atoms with Crippen LogP contribution in [0.3, 0.4) is 0 Å². The number of carbonyl (C=O) groups excluding carboxylic acids is 1. The number of sulfone groups is 1. The predicted molar refractivity (Wildman–Crippen MR) is 96.1 cm³/mol. The molecule has 0 unspecified atom stereocenters. The second-order valence-corrected chi connectivity index (χ2v) is 8.96. The molecule has 0 aliphatic heterocycles. The largest absolute Gasteiger partial charge is 0.347 e. The van der Waals surface area contributed by atoms with Crippen LogP contribution in [0.5, 0.6) is 0 Å². The van der Waals surface area contributed by atoms with Crippen LogP contribution in [0.4, 0.5) is 10.5 Å². The smallest absolute Gasteiger partial charge is 0.319 e. The number of benzene rings is 1. The summed E-state index contributed by atoms with van der Waals surface area (Å²) in [5.74, 6) is 0. The number of urea groups is 1. The summed E-state index contributed by atoms with van der Waals surface area (Å²) in [5.41, 5.74) is 1.83. The molecule has 1 saturated carbocycles. The Morgan fingerprint density at radius 1 is 1.29 bits per heavy atom. The van der Waals surface area contributed by atoms with E-state index in [0.717, 1.165) is 23.9 Å². The van der Waals surface area contributed by atoms with Crippen molar-refractivity contribution < 1.29 is 13.2 Å². The van der Waals surface area contributed by atoms with E-state index in [2.05, 4.69) is 22.1 Å². The molecular formula is C17H23N3O3S. The van der Waals surface area contributed by atoms with Crippen LogP contribution in [0, 0.1) is 0 Å². The fourth-order valence-corrected chi connectivity index (χ4v) is 4.13. The van der Waals surface area contributed by atoms with Crippen LogP contribution in [0.25, 0.3) is 10.9 Å². The Balaban J connectivity index is 1.63. The Kier molecular flexibility index (Phi) is 4.29. The summed E-state index contributed by atoms with van der Waals surface area (Å²) in [7, 11) is -3.14. The molecule has 0 bridgehead atoms. The molecule has 1 heterocycles. The Bertz CT molecular complexity index is 866. The number of nitrogens with one attached hydrogen (secondary N) is 2. The van der Waals surface area contributed by atoms with Crippen molar-refractivity contribution in [3.8, 4) is 0 Å². The number of amides is 2. The van der Waals surface area contributed by atoms with Crippen molar-refractivity contribution in [2.75, 3.05) is 18.1 Å². The third kappa shape index (κ3) is 3.26. The number of anilines is 1. The van der Waals surface area contributed by atoms with Gasteiger partial charge in [-0.3, -0.25) is 0 Å². The van der Waals surface area contributed by atoms with Crippen molar-refractivity contribution in [3.05, 3.63) is 30.5 Å². The summed E-state index contributed by atoms with van der Waals surface area (Å²) in [6, 6.07) is 7.41. The normalized spacial score (nSPS) is 16.1. The van der Waals surface area contributed by atoms with Gasteiger partial charge in [-0.15, -0.1) is 0 Å². The van der Waals surface area contributed by atoms with E-state index in [0.29, 0.717) is 18.5 Å². The average Bonchev–Trinajstić information content (AvgIpc) is 3.23. The van der Waals surface area contributed by atoms with E-state index in [4.69, 9.17) is 0 Å². The summed E-state index contributed by atoms with van der Waals surface area (Å²) in [5, 5.41) is 6.52. The predicted octanol–water partition coefficient (Wildman–Crippen LogP) is 2.75. The number of aryl methyl sites for hydroxylation is 1. The molecule has 2 aromatic rings. The number of aromatic nitrogens is 1. The zero-order valence-corrected chi connectivity index (χ0v) is 14.8. The highest BCUT2D eigenvalue weighted by atomic mass is 32.2. The van der Waals surface area contributed by atoms with Crippen LogP contribution >= 0.6 is 0 Å². The molecule has 1 aromatic carbocycles. The molecule has 7 heteroatoms. The third-order valence-corrected chi connectivity index (χ3v) is 6.78. The minimum Gasteiger partial charge on any atom is -0.347 e. The minimum atomic E-state index is -3.14. The molecule has 130 valence electrons. The zero-order valence-electron chi connectivity index (χ0n) is 14.0. The van der Waals surface area contributed by atoms with Gasteiger partial charge in [0.1, 0.15) is 0 Å². The maximum atomic E-state index is 12.0. The van der Waals surface area contributed by atoms with E-state index in [1.165, 1.54) is 6.26 Å². The quantitative estimate of drug-likeness (QED) is 0.841. The second-order valence-electron chi connectivity index (χ2n) is 6.55. The fraction of sp³-hybridized carbons (Fsp3) is 0.471. The number of nitrogens with zero attached hydrogens (tertiary/aromatic N) is 1. The molecular weight excluding hydrogens is 326 g/mol. The Morgan fingerprint density at radius 3 is 2.67 bits per heavy atom. The van der Waals surface area contributed by atoms with Gasteiger partial charge >= 0.3 is 6.03 Å². The van der Waals surface area contributed by atoms with Crippen molar-refractivity contribution >= 4 is 32.5 Å². The fourth-order valence-electron chi connectivity index (χ4n) is 2.95. The van der Waals surface area contributed by atoms with Gasteiger partial charge in [0.15, 0.2) is 9.84 Å². The molecule has 24 heavy (non-hydrogen) atoms. The highest BCUT2D eigenvalue weighted by Crippen LogP contribution is 2.42. The lowest BCUT2D eigenvalue weighted by Crippen LogP contribution is -2.40. The van der Waals surface area contributed by atoms with Crippen LogP contribution in [-0.2, 0) is 16.4 Å². The summed E-state index contributed by atoms with van der Waals surface area (Å²) >= 11 is 0. The van der Waals surface area contributed by atoms with Crippen molar-refractivity contribution in [1.29, 1.82) is 0 Å². The van der Waals surface area contributed by atoms with Gasteiger partial charge < -0.3 is 15.2 Å². The van der Waals surface area contributed by atoms with E-state index in [-0.39, 0.29) is 12.6 Å². The minimum absolute atomic E-state index is 0.160. The van der Waals surface area contributed by atoms with Gasteiger partial charge in [0.25, 0.3) is 0 Å². The van der Waals surface area contributed by atoms with Crippen LogP contribution in [-0.4, -0.2) is 36.6 Å². The highest BCUT2D eigenvalue weighted by Gasteiger charge is 2.52. The van der Waals surface area contributed by atoms with Gasteiger partial charge in [-0.2, -0.15) is 0 Å². The number of rotatable bonds is 6. The first-order chi connectivity index (χ1) is 11.3. The Hall–Kier alpha value is -2.02. The maximum absolute atomic E-state index is 12.0.